The van der Waals surface area contributed by atoms with E-state index in [0.29, 0.717) is 44.2 Å². The Morgan fingerprint density at radius 2 is 1.72 bits per heavy atom. The molecule has 4 aromatic rings. The minimum Gasteiger partial charge on any atom is -0.454 e. The molecule has 2 aromatic heterocycles. The maximum Gasteiger partial charge on any atom is 0.246 e. The fourth-order valence-electron chi connectivity index (χ4n) is 4.24. The van der Waals surface area contributed by atoms with Gasteiger partial charge in [-0.15, -0.1) is 0 Å². The molecule has 0 atom stereocenters. The first-order valence-electron chi connectivity index (χ1n) is 12.0. The first-order chi connectivity index (χ1) is 17.5. The summed E-state index contributed by atoms with van der Waals surface area (Å²) in [6.07, 6.45) is 5.31. The first kappa shape index (κ1) is 23.6. The molecular formula is C28H29N5O3. The molecule has 184 valence electrons. The first-order valence-corrected chi connectivity index (χ1v) is 12.0. The van der Waals surface area contributed by atoms with Crippen molar-refractivity contribution in [3.8, 4) is 17.1 Å². The van der Waals surface area contributed by atoms with Crippen LogP contribution in [0.15, 0.2) is 77.4 Å². The second-order valence-corrected chi connectivity index (χ2v) is 9.08. The van der Waals surface area contributed by atoms with Crippen molar-refractivity contribution in [1.29, 1.82) is 0 Å². The third kappa shape index (κ3) is 5.08. The Hall–Kier alpha value is -4.17. The van der Waals surface area contributed by atoms with Crippen LogP contribution in [-0.4, -0.2) is 83.1 Å². The number of aromatic nitrogens is 2. The third-order valence-corrected chi connectivity index (χ3v) is 6.37. The van der Waals surface area contributed by atoms with Gasteiger partial charge in [0.2, 0.25) is 11.8 Å². The Balaban J connectivity index is 1.36. The summed E-state index contributed by atoms with van der Waals surface area (Å²) >= 11 is 0. The van der Waals surface area contributed by atoms with E-state index < -0.39 is 0 Å². The van der Waals surface area contributed by atoms with Crippen LogP contribution in [0.3, 0.4) is 0 Å². The van der Waals surface area contributed by atoms with Gasteiger partial charge in [0.1, 0.15) is 11.3 Å². The zero-order chi connectivity index (χ0) is 25.1. The predicted molar refractivity (Wildman–Crippen MR) is 140 cm³/mol. The van der Waals surface area contributed by atoms with E-state index in [0.717, 1.165) is 22.2 Å². The lowest BCUT2D eigenvalue weighted by Gasteiger charge is -2.34. The van der Waals surface area contributed by atoms with Gasteiger partial charge in [-0.25, -0.2) is 4.68 Å². The number of carbonyl (C=O) groups is 2. The predicted octanol–water partition coefficient (Wildman–Crippen LogP) is 3.53. The van der Waals surface area contributed by atoms with Crippen LogP contribution in [-0.2, 0) is 9.59 Å². The van der Waals surface area contributed by atoms with Crippen molar-refractivity contribution < 1.29 is 14.0 Å². The molecule has 8 heteroatoms. The Morgan fingerprint density at radius 3 is 2.44 bits per heavy atom. The highest BCUT2D eigenvalue weighted by Gasteiger charge is 2.22. The zero-order valence-corrected chi connectivity index (χ0v) is 20.5. The van der Waals surface area contributed by atoms with Crippen molar-refractivity contribution in [2.75, 3.05) is 46.8 Å². The molecule has 0 saturated carbocycles. The van der Waals surface area contributed by atoms with E-state index in [2.05, 4.69) is 4.90 Å². The van der Waals surface area contributed by atoms with Gasteiger partial charge in [0, 0.05) is 63.5 Å². The summed E-state index contributed by atoms with van der Waals surface area (Å²) in [6.45, 7) is 2.91. The lowest BCUT2D eigenvalue weighted by atomic mass is 10.1. The van der Waals surface area contributed by atoms with Crippen LogP contribution >= 0.6 is 0 Å². The second-order valence-electron chi connectivity index (χ2n) is 9.08. The number of benzene rings is 2. The molecule has 1 aliphatic rings. The maximum absolute atomic E-state index is 13.0. The van der Waals surface area contributed by atoms with E-state index in [4.69, 9.17) is 9.52 Å². The van der Waals surface area contributed by atoms with Crippen molar-refractivity contribution in [3.63, 3.8) is 0 Å². The summed E-state index contributed by atoms with van der Waals surface area (Å²) < 4.78 is 7.88. The van der Waals surface area contributed by atoms with E-state index in [1.807, 2.05) is 71.8 Å². The average molecular weight is 484 g/mol. The SMILES string of the molecule is CN(C)C(=O)CN1CCN(C(=O)/C=C/c2cn(-c3ccccc3)nc2-c2cc3ccccc3o2)CC1. The van der Waals surface area contributed by atoms with E-state index in [9.17, 15) is 9.59 Å². The smallest absolute Gasteiger partial charge is 0.246 e. The minimum absolute atomic E-state index is 0.0587. The van der Waals surface area contributed by atoms with Crippen molar-refractivity contribution >= 4 is 28.9 Å². The fraction of sp³-hybridized carbons (Fsp3) is 0.250. The van der Waals surface area contributed by atoms with E-state index in [1.165, 1.54) is 0 Å². The average Bonchev–Trinajstić information content (AvgIpc) is 3.52. The number of nitrogens with zero attached hydrogens (tertiary/aromatic N) is 5. The van der Waals surface area contributed by atoms with Crippen molar-refractivity contribution in [2.45, 2.75) is 0 Å². The number of carbonyl (C=O) groups excluding carboxylic acids is 2. The number of hydrogen-bond acceptors (Lipinski definition) is 5. The van der Waals surface area contributed by atoms with Crippen LogP contribution in [0, 0.1) is 0 Å². The van der Waals surface area contributed by atoms with Gasteiger partial charge in [0.05, 0.1) is 12.2 Å². The number of piperazine rings is 1. The van der Waals surface area contributed by atoms with Crippen LogP contribution in [0.25, 0.3) is 34.2 Å². The number of fused-ring (bicyclic) bond motifs is 1. The van der Waals surface area contributed by atoms with E-state index >= 15 is 0 Å². The van der Waals surface area contributed by atoms with Gasteiger partial charge in [-0.05, 0) is 30.3 Å². The lowest BCUT2D eigenvalue weighted by Crippen LogP contribution is -2.50. The Kier molecular flexibility index (Phi) is 6.69. The van der Waals surface area contributed by atoms with Crippen molar-refractivity contribution in [1.82, 2.24) is 24.5 Å². The molecule has 36 heavy (non-hydrogen) atoms. The highest BCUT2D eigenvalue weighted by molar-refractivity contribution is 5.93. The summed E-state index contributed by atoms with van der Waals surface area (Å²) in [5.74, 6) is 0.664. The molecule has 0 radical (unpaired) electrons. The molecular weight excluding hydrogens is 454 g/mol. The Morgan fingerprint density at radius 1 is 1.00 bits per heavy atom. The molecule has 0 spiro atoms. The number of likely N-dealkylation sites (N-methyl/N-ethyl adjacent to an activating group) is 1. The molecule has 3 heterocycles. The number of amides is 2. The summed E-state index contributed by atoms with van der Waals surface area (Å²) in [5.41, 5.74) is 3.18. The number of hydrogen-bond donors (Lipinski definition) is 0. The highest BCUT2D eigenvalue weighted by Crippen LogP contribution is 2.30. The monoisotopic (exact) mass is 483 g/mol. The van der Waals surface area contributed by atoms with Crippen LogP contribution in [0.4, 0.5) is 0 Å². The van der Waals surface area contributed by atoms with E-state index in [-0.39, 0.29) is 11.8 Å². The quantitative estimate of drug-likeness (QED) is 0.392. The number of furan rings is 1. The van der Waals surface area contributed by atoms with Crippen LogP contribution < -0.4 is 0 Å². The molecule has 0 bridgehead atoms. The molecule has 0 unspecified atom stereocenters. The van der Waals surface area contributed by atoms with E-state index in [1.54, 1.807) is 35.8 Å². The normalized spacial score (nSPS) is 14.6. The molecule has 1 fully saturated rings. The van der Waals surface area contributed by atoms with Crippen molar-refractivity contribution in [3.05, 3.63) is 78.5 Å². The van der Waals surface area contributed by atoms with Crippen LogP contribution in [0.1, 0.15) is 5.56 Å². The van der Waals surface area contributed by atoms with Gasteiger partial charge >= 0.3 is 0 Å². The summed E-state index contributed by atoms with van der Waals surface area (Å²) in [4.78, 5) is 30.4. The standard InChI is InChI=1S/C28H29N5O3/c1-30(2)27(35)20-31-14-16-32(17-15-31)26(34)13-12-22-19-33(23-9-4-3-5-10-23)29-28(22)25-18-21-8-6-7-11-24(21)36-25/h3-13,18-19H,14-17,20H2,1-2H3/b13-12+. The van der Waals surface area contributed by atoms with Gasteiger partial charge in [-0.3, -0.25) is 14.5 Å². The molecule has 1 aliphatic heterocycles. The topological polar surface area (TPSA) is 74.8 Å². The summed E-state index contributed by atoms with van der Waals surface area (Å²) in [6, 6.07) is 19.7. The largest absolute Gasteiger partial charge is 0.454 e. The third-order valence-electron chi connectivity index (χ3n) is 6.37. The molecule has 1 saturated heterocycles. The Bertz CT molecular complexity index is 1360. The fourth-order valence-corrected chi connectivity index (χ4v) is 4.24. The zero-order valence-electron chi connectivity index (χ0n) is 20.5. The van der Waals surface area contributed by atoms with Gasteiger partial charge in [-0.1, -0.05) is 36.4 Å². The maximum atomic E-state index is 13.0. The highest BCUT2D eigenvalue weighted by atomic mass is 16.3. The van der Waals surface area contributed by atoms with Gasteiger partial charge in [-0.2, -0.15) is 5.10 Å². The molecule has 0 aliphatic carbocycles. The molecule has 5 rings (SSSR count). The summed E-state index contributed by atoms with van der Waals surface area (Å²) in [7, 11) is 3.51. The number of rotatable bonds is 6. The lowest BCUT2D eigenvalue weighted by molar-refractivity contribution is -0.131. The Labute approximate surface area is 210 Å². The van der Waals surface area contributed by atoms with Gasteiger partial charge < -0.3 is 14.2 Å². The van der Waals surface area contributed by atoms with Crippen LogP contribution in [0.5, 0.6) is 0 Å². The minimum atomic E-state index is -0.0587. The summed E-state index contributed by atoms with van der Waals surface area (Å²) in [5, 5.41) is 5.79. The van der Waals surface area contributed by atoms with Gasteiger partial charge in [0.25, 0.3) is 0 Å². The van der Waals surface area contributed by atoms with Gasteiger partial charge in [0.15, 0.2) is 5.76 Å². The molecule has 2 aromatic carbocycles. The number of para-hydroxylation sites is 2. The molecule has 8 nitrogen and oxygen atoms in total. The molecule has 0 N–H and O–H groups in total. The molecule has 2 amide bonds. The van der Waals surface area contributed by atoms with Crippen molar-refractivity contribution in [2.24, 2.45) is 0 Å². The van der Waals surface area contributed by atoms with Crippen LogP contribution in [0.2, 0.25) is 0 Å². The second kappa shape index (κ2) is 10.2.